The SMILES string of the molecule is COc1cc(-c2cnc3cc(OCCN(C)c4ccnnc4)ccn23)cc(OC(F)F)c1C(=O)NC1CC1. The van der Waals surface area contributed by atoms with Gasteiger partial charge in [0.05, 0.1) is 43.6 Å². The number of carbonyl (C=O) groups is 1. The van der Waals surface area contributed by atoms with E-state index in [1.165, 1.54) is 13.2 Å². The van der Waals surface area contributed by atoms with E-state index in [1.54, 1.807) is 47.4 Å². The third kappa shape index (κ3) is 5.58. The van der Waals surface area contributed by atoms with E-state index in [-0.39, 0.29) is 23.1 Å². The number of hydrogen-bond acceptors (Lipinski definition) is 8. The minimum atomic E-state index is -3.11. The summed E-state index contributed by atoms with van der Waals surface area (Å²) >= 11 is 0. The Morgan fingerprint density at radius 2 is 2.00 bits per heavy atom. The zero-order valence-corrected chi connectivity index (χ0v) is 20.8. The quantitative estimate of drug-likeness (QED) is 0.316. The standard InChI is InChI=1S/C26H26F2N6O4/c1-33(18-5-7-30-31-14-18)9-10-37-19-6-8-34-20(15-29-23(34)13-19)16-11-21(36-2)24(22(12-16)38-26(27)28)25(35)32-17-3-4-17/h5-8,11-15,17,26H,3-4,9-10H2,1-2H3,(H,32,35). The number of amides is 1. The Kier molecular flexibility index (Phi) is 7.20. The van der Waals surface area contributed by atoms with Gasteiger partial charge < -0.3 is 24.4 Å². The Bertz CT molecular complexity index is 1430. The number of rotatable bonds is 11. The van der Waals surface area contributed by atoms with Crippen molar-refractivity contribution in [3.05, 3.63) is 60.7 Å². The van der Waals surface area contributed by atoms with Crippen LogP contribution in [0.5, 0.6) is 17.2 Å². The topological polar surface area (TPSA) is 103 Å². The van der Waals surface area contributed by atoms with Gasteiger partial charge in [0.15, 0.2) is 0 Å². The lowest BCUT2D eigenvalue weighted by Gasteiger charge is -2.18. The molecule has 3 aromatic heterocycles. The summed E-state index contributed by atoms with van der Waals surface area (Å²) in [6.07, 6.45) is 8.39. The fourth-order valence-electron chi connectivity index (χ4n) is 4.00. The van der Waals surface area contributed by atoms with Crippen LogP contribution in [0.2, 0.25) is 0 Å². The van der Waals surface area contributed by atoms with Crippen molar-refractivity contribution >= 4 is 17.2 Å². The molecular weight excluding hydrogens is 498 g/mol. The highest BCUT2D eigenvalue weighted by atomic mass is 19.3. The third-order valence-electron chi connectivity index (χ3n) is 6.13. The molecule has 1 saturated carbocycles. The second-order valence-corrected chi connectivity index (χ2v) is 8.78. The van der Waals surface area contributed by atoms with Crippen LogP contribution >= 0.6 is 0 Å². The maximum absolute atomic E-state index is 13.3. The molecule has 1 N–H and O–H groups in total. The highest BCUT2D eigenvalue weighted by molar-refractivity contribution is 6.01. The molecular formula is C26H26F2N6O4. The molecule has 1 aromatic carbocycles. The van der Waals surface area contributed by atoms with Crippen LogP contribution in [0.25, 0.3) is 16.9 Å². The Balaban J connectivity index is 1.37. The molecule has 1 aliphatic rings. The fraction of sp³-hybridized carbons (Fsp3) is 0.308. The number of hydrogen-bond donors (Lipinski definition) is 1. The van der Waals surface area contributed by atoms with Crippen LogP contribution in [0.4, 0.5) is 14.5 Å². The van der Waals surface area contributed by atoms with Crippen molar-refractivity contribution < 1.29 is 27.8 Å². The van der Waals surface area contributed by atoms with E-state index in [4.69, 9.17) is 14.2 Å². The number of pyridine rings is 1. The summed E-state index contributed by atoms with van der Waals surface area (Å²) in [4.78, 5) is 19.2. The summed E-state index contributed by atoms with van der Waals surface area (Å²) in [6, 6.07) is 8.48. The van der Waals surface area contributed by atoms with Crippen LogP contribution in [0.1, 0.15) is 23.2 Å². The number of likely N-dealkylation sites (N-methyl/N-ethyl adjacent to an activating group) is 1. The first kappa shape index (κ1) is 25.2. The summed E-state index contributed by atoms with van der Waals surface area (Å²) in [5, 5.41) is 10.4. The molecule has 0 atom stereocenters. The summed E-state index contributed by atoms with van der Waals surface area (Å²) in [7, 11) is 3.31. The number of nitrogens with zero attached hydrogens (tertiary/aromatic N) is 5. The van der Waals surface area contributed by atoms with Gasteiger partial charge in [0, 0.05) is 30.9 Å². The van der Waals surface area contributed by atoms with Crippen LogP contribution in [-0.2, 0) is 0 Å². The summed E-state index contributed by atoms with van der Waals surface area (Å²) in [5.41, 5.74) is 2.55. The number of halogens is 2. The zero-order chi connectivity index (χ0) is 26.6. The average molecular weight is 525 g/mol. The van der Waals surface area contributed by atoms with E-state index in [1.807, 2.05) is 18.0 Å². The number of aromatic nitrogens is 4. The van der Waals surface area contributed by atoms with E-state index in [2.05, 4.69) is 20.5 Å². The van der Waals surface area contributed by atoms with Crippen molar-refractivity contribution in [2.45, 2.75) is 25.5 Å². The number of benzene rings is 1. The van der Waals surface area contributed by atoms with Gasteiger partial charge in [-0.3, -0.25) is 9.20 Å². The fourth-order valence-corrected chi connectivity index (χ4v) is 4.00. The summed E-state index contributed by atoms with van der Waals surface area (Å²) in [6.45, 7) is -2.05. The predicted molar refractivity (Wildman–Crippen MR) is 135 cm³/mol. The van der Waals surface area contributed by atoms with Gasteiger partial charge in [-0.1, -0.05) is 0 Å². The molecule has 3 heterocycles. The molecule has 0 bridgehead atoms. The number of fused-ring (bicyclic) bond motifs is 1. The van der Waals surface area contributed by atoms with Crippen molar-refractivity contribution in [3.8, 4) is 28.5 Å². The molecule has 1 aliphatic carbocycles. The largest absolute Gasteiger partial charge is 0.496 e. The van der Waals surface area contributed by atoms with Crippen LogP contribution < -0.4 is 24.4 Å². The molecule has 0 saturated heterocycles. The highest BCUT2D eigenvalue weighted by Gasteiger charge is 2.29. The average Bonchev–Trinajstić information content (AvgIpc) is 3.63. The van der Waals surface area contributed by atoms with E-state index < -0.39 is 12.5 Å². The Labute approximate surface area is 217 Å². The van der Waals surface area contributed by atoms with Crippen molar-refractivity contribution in [2.75, 3.05) is 32.2 Å². The van der Waals surface area contributed by atoms with Gasteiger partial charge in [-0.15, -0.1) is 0 Å². The number of alkyl halides is 2. The number of anilines is 1. The lowest BCUT2D eigenvalue weighted by Crippen LogP contribution is -2.26. The molecule has 0 radical (unpaired) electrons. The van der Waals surface area contributed by atoms with Crippen molar-refractivity contribution in [1.29, 1.82) is 0 Å². The Morgan fingerprint density at radius 1 is 1.18 bits per heavy atom. The maximum atomic E-state index is 13.3. The zero-order valence-electron chi connectivity index (χ0n) is 20.8. The number of methoxy groups -OCH3 is 1. The molecule has 0 spiro atoms. The monoisotopic (exact) mass is 524 g/mol. The van der Waals surface area contributed by atoms with E-state index in [0.717, 1.165) is 18.5 Å². The molecule has 5 rings (SSSR count). The molecule has 0 unspecified atom stereocenters. The van der Waals surface area contributed by atoms with Gasteiger partial charge in [-0.25, -0.2) is 4.98 Å². The normalized spacial score (nSPS) is 13.0. The smallest absolute Gasteiger partial charge is 0.387 e. The van der Waals surface area contributed by atoms with E-state index in [9.17, 15) is 13.6 Å². The van der Waals surface area contributed by atoms with Crippen LogP contribution in [0.15, 0.2) is 55.1 Å². The maximum Gasteiger partial charge on any atom is 0.387 e. The van der Waals surface area contributed by atoms with Crippen molar-refractivity contribution in [1.82, 2.24) is 24.9 Å². The first-order valence-corrected chi connectivity index (χ1v) is 12.0. The number of imidazole rings is 1. The predicted octanol–water partition coefficient (Wildman–Crippen LogP) is 3.81. The van der Waals surface area contributed by atoms with Gasteiger partial charge in [-0.2, -0.15) is 19.0 Å². The molecule has 38 heavy (non-hydrogen) atoms. The Hall–Kier alpha value is -4.48. The molecule has 10 nitrogen and oxygen atoms in total. The molecule has 198 valence electrons. The molecule has 1 amide bonds. The number of ether oxygens (including phenoxy) is 3. The van der Waals surface area contributed by atoms with Crippen molar-refractivity contribution in [2.24, 2.45) is 0 Å². The van der Waals surface area contributed by atoms with Gasteiger partial charge in [0.2, 0.25) is 0 Å². The number of nitrogens with one attached hydrogen (secondary N) is 1. The lowest BCUT2D eigenvalue weighted by molar-refractivity contribution is -0.0502. The van der Waals surface area contributed by atoms with Crippen LogP contribution in [-0.4, -0.2) is 65.5 Å². The van der Waals surface area contributed by atoms with Gasteiger partial charge >= 0.3 is 6.61 Å². The van der Waals surface area contributed by atoms with Gasteiger partial charge in [0.1, 0.15) is 35.1 Å². The van der Waals surface area contributed by atoms with Gasteiger partial charge in [-0.05, 0) is 37.1 Å². The second kappa shape index (κ2) is 10.9. The second-order valence-electron chi connectivity index (χ2n) is 8.78. The van der Waals surface area contributed by atoms with E-state index in [0.29, 0.717) is 35.8 Å². The Morgan fingerprint density at radius 3 is 2.71 bits per heavy atom. The third-order valence-corrected chi connectivity index (χ3v) is 6.13. The van der Waals surface area contributed by atoms with Crippen LogP contribution in [0.3, 0.4) is 0 Å². The first-order valence-electron chi connectivity index (χ1n) is 12.0. The molecule has 12 heteroatoms. The lowest BCUT2D eigenvalue weighted by atomic mass is 10.1. The first-order chi connectivity index (χ1) is 18.4. The minimum Gasteiger partial charge on any atom is -0.496 e. The van der Waals surface area contributed by atoms with E-state index >= 15 is 0 Å². The summed E-state index contributed by atoms with van der Waals surface area (Å²) in [5.74, 6) is -0.0322. The molecule has 4 aromatic rings. The van der Waals surface area contributed by atoms with Gasteiger partial charge in [0.25, 0.3) is 5.91 Å². The minimum absolute atomic E-state index is 0.0366. The highest BCUT2D eigenvalue weighted by Crippen LogP contribution is 2.37. The van der Waals surface area contributed by atoms with Crippen LogP contribution in [0, 0.1) is 0 Å². The summed E-state index contributed by atoms with van der Waals surface area (Å²) < 4.78 is 44.4. The van der Waals surface area contributed by atoms with Crippen molar-refractivity contribution in [3.63, 3.8) is 0 Å². The number of carbonyl (C=O) groups excluding carboxylic acids is 1. The molecule has 0 aliphatic heterocycles. The molecule has 1 fully saturated rings.